The zero-order chi connectivity index (χ0) is 8.97. The van der Waals surface area contributed by atoms with Crippen molar-refractivity contribution in [1.29, 1.82) is 0 Å². The van der Waals surface area contributed by atoms with Gasteiger partial charge in [-0.15, -0.1) is 23.1 Å². The minimum Gasteiger partial charge on any atom is -0.480 e. The Bertz CT molecular complexity index is 248. The molecule has 12 heavy (non-hydrogen) atoms. The first-order valence-corrected chi connectivity index (χ1v) is 5.21. The molecule has 0 radical (unpaired) electrons. The van der Waals surface area contributed by atoms with Gasteiger partial charge in [0, 0.05) is 5.75 Å². The van der Waals surface area contributed by atoms with Crippen LogP contribution in [0.25, 0.3) is 0 Å². The maximum Gasteiger partial charge on any atom is 0.321 e. The Labute approximate surface area is 78.6 Å². The molecular weight excluding hydrogens is 194 g/mol. The van der Waals surface area contributed by atoms with Crippen LogP contribution in [0.1, 0.15) is 0 Å². The summed E-state index contributed by atoms with van der Waals surface area (Å²) in [7, 11) is 0. The Morgan fingerprint density at radius 3 is 3.08 bits per heavy atom. The summed E-state index contributed by atoms with van der Waals surface area (Å²) in [5, 5.41) is 10.4. The number of thioether (sulfide) groups is 1. The summed E-state index contributed by atoms with van der Waals surface area (Å²) in [6, 6.07) is 3.11. The van der Waals surface area contributed by atoms with E-state index in [2.05, 4.69) is 0 Å². The molecule has 1 aromatic rings. The average Bonchev–Trinajstić information content (AvgIpc) is 2.51. The number of thiophene rings is 1. The Kier molecular flexibility index (Phi) is 3.58. The van der Waals surface area contributed by atoms with Gasteiger partial charge in [0.05, 0.1) is 4.21 Å². The maximum absolute atomic E-state index is 10.3. The van der Waals surface area contributed by atoms with Gasteiger partial charge < -0.3 is 10.8 Å². The smallest absolute Gasteiger partial charge is 0.321 e. The molecule has 1 atom stereocenters. The summed E-state index contributed by atoms with van der Waals surface area (Å²) >= 11 is 3.07. The largest absolute Gasteiger partial charge is 0.480 e. The Hall–Kier alpha value is -0.520. The van der Waals surface area contributed by atoms with E-state index >= 15 is 0 Å². The molecule has 1 heterocycles. The highest BCUT2D eigenvalue weighted by Crippen LogP contribution is 2.23. The number of hydrogen-bond donors (Lipinski definition) is 2. The van der Waals surface area contributed by atoms with Crippen molar-refractivity contribution in [2.24, 2.45) is 5.73 Å². The van der Waals surface area contributed by atoms with Crippen LogP contribution in [0.4, 0.5) is 0 Å². The molecule has 1 unspecified atom stereocenters. The number of carboxylic acids is 1. The van der Waals surface area contributed by atoms with E-state index in [0.717, 1.165) is 4.21 Å². The third kappa shape index (κ3) is 2.84. The fourth-order valence-corrected chi connectivity index (χ4v) is 2.34. The minimum absolute atomic E-state index is 0.426. The summed E-state index contributed by atoms with van der Waals surface area (Å²) in [6.45, 7) is 0. The van der Waals surface area contributed by atoms with E-state index in [1.807, 2.05) is 17.5 Å². The molecular formula is C7H9NO2S2. The van der Waals surface area contributed by atoms with Crippen molar-refractivity contribution >= 4 is 29.1 Å². The highest BCUT2D eigenvalue weighted by molar-refractivity contribution is 8.01. The number of carbonyl (C=O) groups is 1. The first kappa shape index (κ1) is 9.57. The zero-order valence-corrected chi connectivity index (χ0v) is 7.90. The van der Waals surface area contributed by atoms with Crippen molar-refractivity contribution < 1.29 is 9.90 Å². The van der Waals surface area contributed by atoms with Crippen molar-refractivity contribution in [3.8, 4) is 0 Å². The highest BCUT2D eigenvalue weighted by Gasteiger charge is 2.11. The third-order valence-electron chi connectivity index (χ3n) is 1.22. The van der Waals surface area contributed by atoms with Gasteiger partial charge in [0.2, 0.25) is 0 Å². The highest BCUT2D eigenvalue weighted by atomic mass is 32.2. The molecule has 3 N–H and O–H groups in total. The normalized spacial score (nSPS) is 12.8. The van der Waals surface area contributed by atoms with Crippen molar-refractivity contribution in [2.45, 2.75) is 10.3 Å². The van der Waals surface area contributed by atoms with E-state index in [4.69, 9.17) is 10.8 Å². The Balaban J connectivity index is 2.31. The third-order valence-corrected chi connectivity index (χ3v) is 3.47. The summed E-state index contributed by atoms with van der Waals surface area (Å²) in [5.41, 5.74) is 5.32. The molecule has 0 aromatic carbocycles. The number of carboxylic acid groups (broad SMARTS) is 1. The van der Waals surface area contributed by atoms with Gasteiger partial charge in [-0.2, -0.15) is 0 Å². The van der Waals surface area contributed by atoms with Crippen molar-refractivity contribution in [2.75, 3.05) is 5.75 Å². The summed E-state index contributed by atoms with van der Waals surface area (Å²) in [6.07, 6.45) is 0. The fourth-order valence-electron chi connectivity index (χ4n) is 0.589. The van der Waals surface area contributed by atoms with Gasteiger partial charge in [-0.1, -0.05) is 6.07 Å². The van der Waals surface area contributed by atoms with Crippen LogP contribution in [0.3, 0.4) is 0 Å². The molecule has 0 aliphatic carbocycles. The Morgan fingerprint density at radius 2 is 2.58 bits per heavy atom. The molecule has 1 rings (SSSR count). The number of rotatable bonds is 4. The van der Waals surface area contributed by atoms with E-state index in [1.54, 1.807) is 11.3 Å². The van der Waals surface area contributed by atoms with Crippen LogP contribution in [0, 0.1) is 0 Å². The molecule has 0 bridgehead atoms. The maximum atomic E-state index is 10.3. The lowest BCUT2D eigenvalue weighted by atomic mass is 10.4. The minimum atomic E-state index is -0.945. The molecule has 0 saturated heterocycles. The van der Waals surface area contributed by atoms with Crippen LogP contribution >= 0.6 is 23.1 Å². The van der Waals surface area contributed by atoms with E-state index in [-0.39, 0.29) is 0 Å². The number of hydrogen-bond acceptors (Lipinski definition) is 4. The van der Waals surface area contributed by atoms with Gasteiger partial charge in [-0.05, 0) is 11.4 Å². The summed E-state index contributed by atoms with van der Waals surface area (Å²) in [4.78, 5) is 10.3. The molecule has 1 aromatic heterocycles. The van der Waals surface area contributed by atoms with Crippen LogP contribution in [0.5, 0.6) is 0 Å². The van der Waals surface area contributed by atoms with Crippen LogP contribution in [-0.2, 0) is 4.79 Å². The van der Waals surface area contributed by atoms with Crippen molar-refractivity contribution in [3.63, 3.8) is 0 Å². The standard InChI is InChI=1S/C7H9NO2S2/c8-5(7(9)10)4-12-6-2-1-3-11-6/h1-3,5H,4,8H2,(H,9,10). The molecule has 0 saturated carbocycles. The van der Waals surface area contributed by atoms with Crippen LogP contribution in [0.2, 0.25) is 0 Å². The summed E-state index contributed by atoms with van der Waals surface area (Å²) < 4.78 is 1.10. The van der Waals surface area contributed by atoms with E-state index < -0.39 is 12.0 Å². The first-order chi connectivity index (χ1) is 5.70. The molecule has 3 nitrogen and oxygen atoms in total. The topological polar surface area (TPSA) is 63.3 Å². The fraction of sp³-hybridized carbons (Fsp3) is 0.286. The second-order valence-corrected chi connectivity index (χ2v) is 4.46. The van der Waals surface area contributed by atoms with E-state index in [1.165, 1.54) is 11.8 Å². The van der Waals surface area contributed by atoms with Crippen LogP contribution < -0.4 is 5.73 Å². The molecule has 0 aliphatic heterocycles. The molecule has 66 valence electrons. The second-order valence-electron chi connectivity index (χ2n) is 2.19. The summed E-state index contributed by atoms with van der Waals surface area (Å²) in [5.74, 6) is -0.519. The number of nitrogens with two attached hydrogens (primary N) is 1. The quantitative estimate of drug-likeness (QED) is 0.723. The van der Waals surface area contributed by atoms with Crippen LogP contribution in [0.15, 0.2) is 21.7 Å². The Morgan fingerprint density at radius 1 is 1.83 bits per heavy atom. The number of aliphatic carboxylic acids is 1. The average molecular weight is 203 g/mol. The monoisotopic (exact) mass is 203 g/mol. The molecule has 0 fully saturated rings. The first-order valence-electron chi connectivity index (χ1n) is 3.35. The van der Waals surface area contributed by atoms with E-state index in [9.17, 15) is 4.79 Å². The predicted molar refractivity (Wildman–Crippen MR) is 50.7 cm³/mol. The lowest BCUT2D eigenvalue weighted by Gasteiger charge is -2.03. The SMILES string of the molecule is NC(CSc1cccs1)C(=O)O. The van der Waals surface area contributed by atoms with Gasteiger partial charge in [0.1, 0.15) is 6.04 Å². The molecule has 0 aliphatic rings. The van der Waals surface area contributed by atoms with Gasteiger partial charge >= 0.3 is 5.97 Å². The second kappa shape index (κ2) is 4.49. The van der Waals surface area contributed by atoms with E-state index in [0.29, 0.717) is 5.75 Å². The lowest BCUT2D eigenvalue weighted by Crippen LogP contribution is -2.32. The van der Waals surface area contributed by atoms with Gasteiger partial charge in [-0.25, -0.2) is 0 Å². The lowest BCUT2D eigenvalue weighted by molar-refractivity contribution is -0.137. The zero-order valence-electron chi connectivity index (χ0n) is 6.27. The molecule has 5 heteroatoms. The van der Waals surface area contributed by atoms with Crippen molar-refractivity contribution in [1.82, 2.24) is 0 Å². The van der Waals surface area contributed by atoms with Crippen LogP contribution in [-0.4, -0.2) is 22.9 Å². The van der Waals surface area contributed by atoms with Gasteiger partial charge in [0.25, 0.3) is 0 Å². The molecule has 0 spiro atoms. The van der Waals surface area contributed by atoms with Gasteiger partial charge in [0.15, 0.2) is 0 Å². The predicted octanol–water partition coefficient (Wildman–Crippen LogP) is 1.25. The van der Waals surface area contributed by atoms with Gasteiger partial charge in [-0.3, -0.25) is 4.79 Å². The van der Waals surface area contributed by atoms with Crippen molar-refractivity contribution in [3.05, 3.63) is 17.5 Å². The molecule has 0 amide bonds.